The lowest BCUT2D eigenvalue weighted by Crippen LogP contribution is -2.34. The number of aromatic nitrogens is 2. The third kappa shape index (κ3) is 5.69. The second-order valence-electron chi connectivity index (χ2n) is 6.81. The molecule has 0 saturated heterocycles. The first kappa shape index (κ1) is 19.2. The topological polar surface area (TPSA) is 84.2 Å². The second-order valence-corrected chi connectivity index (χ2v) is 6.81. The minimum Gasteiger partial charge on any atom is -0.481 e. The summed E-state index contributed by atoms with van der Waals surface area (Å²) in [7, 11) is 0. The summed E-state index contributed by atoms with van der Waals surface area (Å²) >= 11 is 0. The average molecular weight is 323 g/mol. The third-order valence-electron chi connectivity index (χ3n) is 3.68. The van der Waals surface area contributed by atoms with Gasteiger partial charge in [-0.3, -0.25) is 14.3 Å². The van der Waals surface area contributed by atoms with Crippen molar-refractivity contribution < 1.29 is 14.7 Å². The van der Waals surface area contributed by atoms with E-state index in [0.29, 0.717) is 24.3 Å². The lowest BCUT2D eigenvalue weighted by atomic mass is 9.97. The second kappa shape index (κ2) is 8.70. The lowest BCUT2D eigenvalue weighted by molar-refractivity contribution is -0.142. The van der Waals surface area contributed by atoms with E-state index in [4.69, 9.17) is 0 Å². The Labute approximate surface area is 138 Å². The Morgan fingerprint density at radius 2 is 1.91 bits per heavy atom. The van der Waals surface area contributed by atoms with Crippen molar-refractivity contribution in [3.63, 3.8) is 0 Å². The van der Waals surface area contributed by atoms with Gasteiger partial charge in [-0.1, -0.05) is 34.6 Å². The number of nitrogens with zero attached hydrogens (tertiary/aromatic N) is 2. The van der Waals surface area contributed by atoms with Crippen LogP contribution < -0.4 is 5.32 Å². The molecule has 130 valence electrons. The van der Waals surface area contributed by atoms with Gasteiger partial charge >= 0.3 is 5.97 Å². The lowest BCUT2D eigenvalue weighted by Gasteiger charge is -2.15. The van der Waals surface area contributed by atoms with Gasteiger partial charge in [0.2, 0.25) is 0 Å². The number of carboxylic acid groups (broad SMARTS) is 1. The molecule has 1 aromatic heterocycles. The van der Waals surface area contributed by atoms with Gasteiger partial charge in [0, 0.05) is 13.1 Å². The Balaban J connectivity index is 2.77. The maximum absolute atomic E-state index is 12.4. The Morgan fingerprint density at radius 3 is 2.39 bits per heavy atom. The van der Waals surface area contributed by atoms with Crippen LogP contribution in [0.5, 0.6) is 0 Å². The van der Waals surface area contributed by atoms with Crippen LogP contribution in [0.3, 0.4) is 0 Å². The van der Waals surface area contributed by atoms with Crippen molar-refractivity contribution in [3.05, 3.63) is 17.5 Å². The molecule has 0 saturated carbocycles. The van der Waals surface area contributed by atoms with Gasteiger partial charge < -0.3 is 10.4 Å². The molecule has 0 bridgehead atoms. The molecule has 6 nitrogen and oxygen atoms in total. The fourth-order valence-electron chi connectivity index (χ4n) is 2.63. The standard InChI is InChI=1S/C17H29N3O3/c1-6-15-14(9-19-20(15)10-12(4)5)16(21)18-8-13(17(22)23)7-11(2)3/h9,11-13H,6-8,10H2,1-5H3,(H,18,21)(H,22,23). The van der Waals surface area contributed by atoms with E-state index in [9.17, 15) is 14.7 Å². The number of hydrogen-bond donors (Lipinski definition) is 2. The minimum absolute atomic E-state index is 0.144. The highest BCUT2D eigenvalue weighted by atomic mass is 16.4. The van der Waals surface area contributed by atoms with Crippen molar-refractivity contribution in [2.75, 3.05) is 6.54 Å². The normalized spacial score (nSPS) is 12.7. The summed E-state index contributed by atoms with van der Waals surface area (Å²) in [5.41, 5.74) is 1.44. The quantitative estimate of drug-likeness (QED) is 0.731. The first-order valence-electron chi connectivity index (χ1n) is 8.31. The van der Waals surface area contributed by atoms with Gasteiger partial charge in [0.15, 0.2) is 0 Å². The van der Waals surface area contributed by atoms with Crippen molar-refractivity contribution in [1.29, 1.82) is 0 Å². The molecular weight excluding hydrogens is 294 g/mol. The monoisotopic (exact) mass is 323 g/mol. The molecule has 1 amide bonds. The first-order chi connectivity index (χ1) is 10.8. The highest BCUT2D eigenvalue weighted by Gasteiger charge is 2.22. The average Bonchev–Trinajstić information content (AvgIpc) is 2.84. The van der Waals surface area contributed by atoms with E-state index in [0.717, 1.165) is 12.2 Å². The van der Waals surface area contributed by atoms with E-state index >= 15 is 0 Å². The number of hydrogen-bond acceptors (Lipinski definition) is 3. The maximum Gasteiger partial charge on any atom is 0.308 e. The smallest absolute Gasteiger partial charge is 0.308 e. The number of rotatable bonds is 9. The molecule has 0 aliphatic rings. The van der Waals surface area contributed by atoms with Gasteiger partial charge in [-0.05, 0) is 24.7 Å². The van der Waals surface area contributed by atoms with Crippen LogP contribution in [0.4, 0.5) is 0 Å². The van der Waals surface area contributed by atoms with E-state index in [-0.39, 0.29) is 18.4 Å². The highest BCUT2D eigenvalue weighted by Crippen LogP contribution is 2.14. The van der Waals surface area contributed by atoms with E-state index in [2.05, 4.69) is 24.3 Å². The summed E-state index contributed by atoms with van der Waals surface area (Å²) in [6.07, 6.45) is 2.83. The van der Waals surface area contributed by atoms with E-state index in [1.54, 1.807) is 6.20 Å². The summed E-state index contributed by atoms with van der Waals surface area (Å²) in [5.74, 6) is -0.960. The van der Waals surface area contributed by atoms with Crippen molar-refractivity contribution in [1.82, 2.24) is 15.1 Å². The summed E-state index contributed by atoms with van der Waals surface area (Å²) < 4.78 is 1.86. The molecule has 1 heterocycles. The Morgan fingerprint density at radius 1 is 1.26 bits per heavy atom. The fourth-order valence-corrected chi connectivity index (χ4v) is 2.63. The van der Waals surface area contributed by atoms with E-state index in [1.165, 1.54) is 0 Å². The maximum atomic E-state index is 12.4. The van der Waals surface area contributed by atoms with Gasteiger partial charge in [-0.2, -0.15) is 5.10 Å². The van der Waals surface area contributed by atoms with E-state index < -0.39 is 11.9 Å². The van der Waals surface area contributed by atoms with Crippen molar-refractivity contribution in [2.24, 2.45) is 17.8 Å². The van der Waals surface area contributed by atoms with Crippen LogP contribution in [-0.4, -0.2) is 33.3 Å². The zero-order chi connectivity index (χ0) is 17.6. The molecule has 0 aromatic carbocycles. The van der Waals surface area contributed by atoms with E-state index in [1.807, 2.05) is 25.5 Å². The number of carbonyl (C=O) groups excluding carboxylic acids is 1. The molecule has 0 fully saturated rings. The first-order valence-corrected chi connectivity index (χ1v) is 8.31. The number of carbonyl (C=O) groups is 2. The van der Waals surface area contributed by atoms with Crippen LogP contribution in [0.15, 0.2) is 6.20 Å². The zero-order valence-corrected chi connectivity index (χ0v) is 14.8. The van der Waals surface area contributed by atoms with Crippen LogP contribution in [0, 0.1) is 17.8 Å². The van der Waals surface area contributed by atoms with Gasteiger partial charge in [-0.25, -0.2) is 0 Å². The Hall–Kier alpha value is -1.85. The summed E-state index contributed by atoms with van der Waals surface area (Å²) in [6, 6.07) is 0. The predicted octanol–water partition coefficient (Wildman–Crippen LogP) is 2.58. The number of nitrogens with one attached hydrogen (secondary N) is 1. The molecule has 23 heavy (non-hydrogen) atoms. The molecule has 2 N–H and O–H groups in total. The summed E-state index contributed by atoms with van der Waals surface area (Å²) in [4.78, 5) is 23.6. The van der Waals surface area contributed by atoms with Gasteiger partial charge in [0.25, 0.3) is 5.91 Å². The molecule has 1 aromatic rings. The molecule has 0 spiro atoms. The van der Waals surface area contributed by atoms with Crippen LogP contribution in [0.2, 0.25) is 0 Å². The Bertz CT molecular complexity index is 535. The largest absolute Gasteiger partial charge is 0.481 e. The number of carboxylic acids is 1. The SMILES string of the molecule is CCc1c(C(=O)NCC(CC(C)C)C(=O)O)cnn1CC(C)C. The van der Waals surface area contributed by atoms with Crippen LogP contribution in [-0.2, 0) is 17.8 Å². The molecule has 1 rings (SSSR count). The predicted molar refractivity (Wildman–Crippen MR) is 89.4 cm³/mol. The molecule has 6 heteroatoms. The molecule has 0 aliphatic heterocycles. The fraction of sp³-hybridized carbons (Fsp3) is 0.706. The van der Waals surface area contributed by atoms with Crippen molar-refractivity contribution in [3.8, 4) is 0 Å². The molecule has 0 aliphatic carbocycles. The van der Waals surface area contributed by atoms with Crippen LogP contribution in [0.1, 0.15) is 57.1 Å². The van der Waals surface area contributed by atoms with Gasteiger partial charge in [0.1, 0.15) is 0 Å². The molecule has 1 atom stereocenters. The highest BCUT2D eigenvalue weighted by molar-refractivity contribution is 5.95. The minimum atomic E-state index is -0.870. The van der Waals surface area contributed by atoms with Crippen LogP contribution >= 0.6 is 0 Å². The third-order valence-corrected chi connectivity index (χ3v) is 3.68. The van der Waals surface area contributed by atoms with Crippen molar-refractivity contribution >= 4 is 11.9 Å². The zero-order valence-electron chi connectivity index (χ0n) is 14.8. The summed E-state index contributed by atoms with van der Waals surface area (Å²) in [5, 5.41) is 16.3. The van der Waals surface area contributed by atoms with Gasteiger partial charge in [0.05, 0.1) is 23.4 Å². The number of amides is 1. The Kier molecular flexibility index (Phi) is 7.26. The number of aliphatic carboxylic acids is 1. The van der Waals surface area contributed by atoms with Crippen molar-refractivity contribution in [2.45, 2.75) is 54.0 Å². The molecule has 0 radical (unpaired) electrons. The van der Waals surface area contributed by atoms with Crippen LogP contribution in [0.25, 0.3) is 0 Å². The molecular formula is C17H29N3O3. The molecule has 1 unspecified atom stereocenters. The van der Waals surface area contributed by atoms with Gasteiger partial charge in [-0.15, -0.1) is 0 Å². The summed E-state index contributed by atoms with van der Waals surface area (Å²) in [6.45, 7) is 11.1.